The van der Waals surface area contributed by atoms with Gasteiger partial charge < -0.3 is 21.1 Å². The number of amides is 3. The normalized spacial score (nSPS) is 23.9. The van der Waals surface area contributed by atoms with Crippen molar-refractivity contribution in [1.82, 2.24) is 16.1 Å². The number of benzene rings is 2. The van der Waals surface area contributed by atoms with Gasteiger partial charge in [-0.3, -0.25) is 19.6 Å². The van der Waals surface area contributed by atoms with Crippen LogP contribution < -0.4 is 21.4 Å². The molecular formula is C31H38N4O5. The third-order valence-corrected chi connectivity index (χ3v) is 8.71. The lowest BCUT2D eigenvalue weighted by molar-refractivity contribution is -0.133. The fraction of sp³-hybridized carbons (Fsp3) is 0.452. The minimum absolute atomic E-state index is 0.0644. The molecule has 9 nitrogen and oxygen atoms in total. The molecule has 3 aliphatic carbocycles. The lowest BCUT2D eigenvalue weighted by atomic mass is 9.45. The molecule has 6 N–H and O–H groups in total. The van der Waals surface area contributed by atoms with Crippen LogP contribution in [0, 0.1) is 35.0 Å². The number of fused-ring (bicyclic) bond motifs is 2. The second kappa shape index (κ2) is 12.2. The van der Waals surface area contributed by atoms with Crippen molar-refractivity contribution >= 4 is 23.4 Å². The van der Waals surface area contributed by atoms with E-state index in [0.717, 1.165) is 23.8 Å². The van der Waals surface area contributed by atoms with Crippen molar-refractivity contribution in [3.8, 4) is 11.8 Å². The van der Waals surface area contributed by atoms with E-state index in [-0.39, 0.29) is 11.5 Å². The van der Waals surface area contributed by atoms with E-state index in [2.05, 4.69) is 48.6 Å². The van der Waals surface area contributed by atoms with Crippen molar-refractivity contribution in [3.05, 3.63) is 65.2 Å². The number of aliphatic hydroxyl groups is 1. The topological polar surface area (TPSA) is 140 Å². The number of hydroxylamine groups is 1. The largest absolute Gasteiger partial charge is 0.391 e. The summed E-state index contributed by atoms with van der Waals surface area (Å²) in [7, 11) is 0. The maximum Gasteiger partial charge on any atom is 0.268 e. The molecule has 0 spiro atoms. The molecule has 2 bridgehead atoms. The van der Waals surface area contributed by atoms with Gasteiger partial charge >= 0.3 is 0 Å². The number of anilines is 1. The highest BCUT2D eigenvalue weighted by molar-refractivity contribution is 5.97. The Kier molecular flexibility index (Phi) is 8.94. The van der Waals surface area contributed by atoms with Gasteiger partial charge in [0.05, 0.1) is 12.6 Å². The van der Waals surface area contributed by atoms with E-state index in [4.69, 9.17) is 5.21 Å². The Bertz CT molecular complexity index is 1290. The molecule has 3 aliphatic rings. The van der Waals surface area contributed by atoms with Crippen LogP contribution in [-0.4, -0.2) is 52.8 Å². The van der Waals surface area contributed by atoms with Gasteiger partial charge in [-0.25, -0.2) is 5.48 Å². The summed E-state index contributed by atoms with van der Waals surface area (Å²) < 4.78 is 0. The zero-order valence-electron chi connectivity index (χ0n) is 23.3. The Morgan fingerprint density at radius 3 is 2.12 bits per heavy atom. The van der Waals surface area contributed by atoms with E-state index >= 15 is 0 Å². The van der Waals surface area contributed by atoms with Gasteiger partial charge in [0.1, 0.15) is 6.04 Å². The van der Waals surface area contributed by atoms with E-state index in [1.807, 2.05) is 24.3 Å². The summed E-state index contributed by atoms with van der Waals surface area (Å²) in [5.74, 6) is 6.58. The van der Waals surface area contributed by atoms with Gasteiger partial charge in [-0.05, 0) is 91.5 Å². The fourth-order valence-corrected chi connectivity index (χ4v) is 6.03. The summed E-state index contributed by atoms with van der Waals surface area (Å²) in [4.78, 5) is 36.5. The SMILES string of the molecule is C[C@@H](O)[C@H](NC(=O)c1ccc(C#Cc2ccc(NC(=O)CN[C@H]3CC4CC([C@@H]3C)C4(C)C)cc2)cc1)C(=O)NO. The van der Waals surface area contributed by atoms with Crippen molar-refractivity contribution in [3.63, 3.8) is 0 Å². The van der Waals surface area contributed by atoms with E-state index in [9.17, 15) is 19.5 Å². The van der Waals surface area contributed by atoms with Gasteiger partial charge in [0.2, 0.25) is 5.91 Å². The van der Waals surface area contributed by atoms with Gasteiger partial charge in [0, 0.05) is 28.4 Å². The molecule has 212 valence electrons. The average molecular weight is 547 g/mol. The standard InChI is InChI=1S/C31H38N4O5/c1-18-25-15-23(31(25,3)4)16-26(18)32-17-27(37)33-24-13-9-21(10-14-24)6-5-20-7-11-22(12-8-20)29(38)34-28(19(2)36)30(39)35-40/h7-14,18-19,23,25-26,28,32,36,40H,15-17H2,1-4H3,(H,33,37)(H,34,38)(H,35,39)/t18-,19+,23?,25?,26-,28-/m0/s1. The molecule has 0 heterocycles. The first kappa shape index (κ1) is 29.3. The predicted molar refractivity (Wildman–Crippen MR) is 151 cm³/mol. The van der Waals surface area contributed by atoms with E-state index in [1.165, 1.54) is 18.8 Å². The van der Waals surface area contributed by atoms with E-state index in [0.29, 0.717) is 35.2 Å². The first-order chi connectivity index (χ1) is 19.0. The van der Waals surface area contributed by atoms with Gasteiger partial charge in [0.15, 0.2) is 0 Å². The summed E-state index contributed by atoms with van der Waals surface area (Å²) in [5.41, 5.74) is 4.28. The molecule has 6 atom stereocenters. The highest BCUT2D eigenvalue weighted by Crippen LogP contribution is 2.61. The van der Waals surface area contributed by atoms with Crippen LogP contribution in [0.4, 0.5) is 5.69 Å². The highest BCUT2D eigenvalue weighted by atomic mass is 16.5. The summed E-state index contributed by atoms with van der Waals surface area (Å²) >= 11 is 0. The van der Waals surface area contributed by atoms with Gasteiger partial charge in [-0.15, -0.1) is 0 Å². The van der Waals surface area contributed by atoms with Crippen LogP contribution in [0.15, 0.2) is 48.5 Å². The quantitative estimate of drug-likeness (QED) is 0.171. The molecule has 3 fully saturated rings. The number of nitrogens with one attached hydrogen (secondary N) is 4. The summed E-state index contributed by atoms with van der Waals surface area (Å²) in [5, 5.41) is 27.2. The van der Waals surface area contributed by atoms with E-state index in [1.54, 1.807) is 24.3 Å². The molecule has 2 aromatic rings. The minimum Gasteiger partial charge on any atom is -0.391 e. The minimum atomic E-state index is -1.29. The monoisotopic (exact) mass is 546 g/mol. The molecule has 0 radical (unpaired) electrons. The fourth-order valence-electron chi connectivity index (χ4n) is 6.03. The van der Waals surface area contributed by atoms with Crippen LogP contribution in [0.3, 0.4) is 0 Å². The first-order valence-corrected chi connectivity index (χ1v) is 13.7. The van der Waals surface area contributed by atoms with Crippen LogP contribution in [0.2, 0.25) is 0 Å². The van der Waals surface area contributed by atoms with Crippen molar-refractivity contribution in [2.75, 3.05) is 11.9 Å². The van der Waals surface area contributed by atoms with Crippen molar-refractivity contribution in [1.29, 1.82) is 0 Å². The number of carbonyl (C=O) groups is 3. The summed E-state index contributed by atoms with van der Waals surface area (Å²) in [6.45, 7) is 8.67. The number of aliphatic hydroxyl groups excluding tert-OH is 1. The van der Waals surface area contributed by atoms with Crippen LogP contribution in [-0.2, 0) is 9.59 Å². The Morgan fingerprint density at radius 2 is 1.60 bits per heavy atom. The third-order valence-electron chi connectivity index (χ3n) is 8.71. The van der Waals surface area contributed by atoms with Crippen LogP contribution in [0.1, 0.15) is 62.0 Å². The van der Waals surface area contributed by atoms with Crippen LogP contribution >= 0.6 is 0 Å². The molecule has 3 amide bonds. The zero-order chi connectivity index (χ0) is 29.0. The summed E-state index contributed by atoms with van der Waals surface area (Å²) in [6.07, 6.45) is 1.25. The lowest BCUT2D eigenvalue weighted by Gasteiger charge is -2.62. The average Bonchev–Trinajstić information content (AvgIpc) is 2.94. The second-order valence-corrected chi connectivity index (χ2v) is 11.6. The second-order valence-electron chi connectivity index (χ2n) is 11.6. The maximum atomic E-state index is 12.5. The number of hydrogen-bond acceptors (Lipinski definition) is 6. The van der Waals surface area contributed by atoms with Crippen molar-refractivity contribution in [2.45, 2.75) is 58.7 Å². The number of rotatable bonds is 8. The molecule has 2 unspecified atom stereocenters. The molecule has 40 heavy (non-hydrogen) atoms. The lowest BCUT2D eigenvalue weighted by Crippen LogP contribution is -2.60. The molecule has 5 rings (SSSR count). The Hall–Kier alpha value is -3.71. The molecule has 0 saturated heterocycles. The number of carbonyl (C=O) groups excluding carboxylic acids is 3. The zero-order valence-corrected chi connectivity index (χ0v) is 23.3. The maximum absolute atomic E-state index is 12.5. The van der Waals surface area contributed by atoms with Gasteiger partial charge in [-0.1, -0.05) is 32.6 Å². The van der Waals surface area contributed by atoms with Crippen LogP contribution in [0.25, 0.3) is 0 Å². The predicted octanol–water partition coefficient (Wildman–Crippen LogP) is 2.67. The van der Waals surface area contributed by atoms with Crippen molar-refractivity contribution < 1.29 is 24.7 Å². The molecule has 3 saturated carbocycles. The Balaban J connectivity index is 1.26. The Labute approximate surface area is 235 Å². The van der Waals surface area contributed by atoms with Crippen LogP contribution in [0.5, 0.6) is 0 Å². The molecule has 0 aliphatic heterocycles. The Morgan fingerprint density at radius 1 is 1.00 bits per heavy atom. The molecule has 0 aromatic heterocycles. The first-order valence-electron chi connectivity index (χ1n) is 13.7. The number of hydrogen-bond donors (Lipinski definition) is 6. The molecule has 2 aromatic carbocycles. The molecular weight excluding hydrogens is 508 g/mol. The third kappa shape index (κ3) is 6.53. The smallest absolute Gasteiger partial charge is 0.268 e. The van der Waals surface area contributed by atoms with Gasteiger partial charge in [-0.2, -0.15) is 0 Å². The van der Waals surface area contributed by atoms with E-state index < -0.39 is 24.0 Å². The molecule has 9 heteroatoms. The van der Waals surface area contributed by atoms with Gasteiger partial charge in [0.25, 0.3) is 11.8 Å². The van der Waals surface area contributed by atoms with Crippen molar-refractivity contribution in [2.24, 2.45) is 23.2 Å². The summed E-state index contributed by atoms with van der Waals surface area (Å²) in [6, 6.07) is 12.8. The highest BCUT2D eigenvalue weighted by Gasteiger charge is 2.56.